The fraction of sp³-hybridized carbons (Fsp3) is 0.400. The lowest BCUT2D eigenvalue weighted by Gasteiger charge is -2.04. The maximum Gasteiger partial charge on any atom is 0.217 e. The molecule has 0 saturated carbocycles. The maximum absolute atomic E-state index is 10.7. The van der Waals surface area contributed by atoms with Crippen LogP contribution in [-0.2, 0) is 11.3 Å². The van der Waals surface area contributed by atoms with Gasteiger partial charge in [-0.3, -0.25) is 9.78 Å². The quantitative estimate of drug-likeness (QED) is 0.742. The van der Waals surface area contributed by atoms with Gasteiger partial charge in [-0.15, -0.1) is 0 Å². The molecule has 1 heterocycles. The van der Waals surface area contributed by atoms with Crippen LogP contribution in [0.4, 0.5) is 0 Å². The molecule has 0 aliphatic heterocycles. The van der Waals surface area contributed by atoms with Crippen LogP contribution in [0.3, 0.4) is 0 Å². The highest BCUT2D eigenvalue weighted by atomic mass is 16.1. The normalized spacial score (nSPS) is 9.77. The van der Waals surface area contributed by atoms with Crippen molar-refractivity contribution in [1.82, 2.24) is 10.3 Å². The molecule has 70 valence electrons. The Kier molecular flexibility index (Phi) is 3.01. The monoisotopic (exact) mass is 178 g/mol. The zero-order valence-corrected chi connectivity index (χ0v) is 8.22. The van der Waals surface area contributed by atoms with E-state index in [4.69, 9.17) is 0 Å². The predicted molar refractivity (Wildman–Crippen MR) is 51.2 cm³/mol. The summed E-state index contributed by atoms with van der Waals surface area (Å²) < 4.78 is 0. The van der Waals surface area contributed by atoms with Crippen LogP contribution in [0, 0.1) is 13.8 Å². The van der Waals surface area contributed by atoms with Crippen LogP contribution in [0.25, 0.3) is 0 Å². The molecule has 3 nitrogen and oxygen atoms in total. The molecule has 0 aromatic carbocycles. The number of hydrogen-bond donors (Lipinski definition) is 1. The third kappa shape index (κ3) is 3.23. The van der Waals surface area contributed by atoms with E-state index in [-0.39, 0.29) is 5.91 Å². The smallest absolute Gasteiger partial charge is 0.217 e. The standard InChI is InChI=1S/C10H14N2O/c1-7-4-10(5-8(2)12-7)6-11-9(3)13/h4-5H,6H2,1-3H3,(H,11,13). The molecule has 0 bridgehead atoms. The number of aryl methyl sites for hydroxylation is 2. The van der Waals surface area contributed by atoms with Gasteiger partial charge in [0.2, 0.25) is 5.91 Å². The molecule has 1 N–H and O–H groups in total. The van der Waals surface area contributed by atoms with Gasteiger partial charge in [0.05, 0.1) is 0 Å². The molecule has 0 radical (unpaired) electrons. The van der Waals surface area contributed by atoms with Gasteiger partial charge in [-0.2, -0.15) is 0 Å². The average Bonchev–Trinajstić information content (AvgIpc) is 1.99. The predicted octanol–water partition coefficient (Wildman–Crippen LogP) is 1.33. The summed E-state index contributed by atoms with van der Waals surface area (Å²) in [4.78, 5) is 14.9. The van der Waals surface area contributed by atoms with Crippen molar-refractivity contribution in [3.05, 3.63) is 29.1 Å². The van der Waals surface area contributed by atoms with Crippen molar-refractivity contribution >= 4 is 5.91 Å². The summed E-state index contributed by atoms with van der Waals surface area (Å²) in [5, 5.41) is 2.75. The topological polar surface area (TPSA) is 42.0 Å². The van der Waals surface area contributed by atoms with E-state index in [1.165, 1.54) is 6.92 Å². The molecule has 0 aliphatic rings. The number of nitrogens with one attached hydrogen (secondary N) is 1. The van der Waals surface area contributed by atoms with Gasteiger partial charge in [-0.1, -0.05) is 0 Å². The van der Waals surface area contributed by atoms with Crippen LogP contribution in [0.5, 0.6) is 0 Å². The zero-order valence-electron chi connectivity index (χ0n) is 8.22. The first-order valence-electron chi connectivity index (χ1n) is 4.26. The van der Waals surface area contributed by atoms with Crippen molar-refractivity contribution in [2.24, 2.45) is 0 Å². The second kappa shape index (κ2) is 4.03. The van der Waals surface area contributed by atoms with Crippen molar-refractivity contribution in [2.75, 3.05) is 0 Å². The summed E-state index contributed by atoms with van der Waals surface area (Å²) in [6.07, 6.45) is 0. The number of rotatable bonds is 2. The molecule has 1 aromatic rings. The summed E-state index contributed by atoms with van der Waals surface area (Å²) in [6, 6.07) is 3.95. The molecule has 13 heavy (non-hydrogen) atoms. The molecule has 1 amide bonds. The Bertz CT molecular complexity index is 300. The van der Waals surface area contributed by atoms with E-state index in [1.54, 1.807) is 0 Å². The number of amides is 1. The molecular weight excluding hydrogens is 164 g/mol. The van der Waals surface area contributed by atoms with Crippen molar-refractivity contribution < 1.29 is 4.79 Å². The number of pyridine rings is 1. The van der Waals surface area contributed by atoms with Crippen molar-refractivity contribution in [3.63, 3.8) is 0 Å². The van der Waals surface area contributed by atoms with E-state index in [2.05, 4.69) is 10.3 Å². The number of carbonyl (C=O) groups is 1. The molecular formula is C10H14N2O. The molecule has 1 rings (SSSR count). The third-order valence-electron chi connectivity index (χ3n) is 1.68. The van der Waals surface area contributed by atoms with Gasteiger partial charge in [0.15, 0.2) is 0 Å². The minimum Gasteiger partial charge on any atom is -0.352 e. The summed E-state index contributed by atoms with van der Waals surface area (Å²) in [7, 11) is 0. The Morgan fingerprint density at radius 3 is 2.38 bits per heavy atom. The van der Waals surface area contributed by atoms with Gasteiger partial charge >= 0.3 is 0 Å². The first kappa shape index (κ1) is 9.71. The van der Waals surface area contributed by atoms with Crippen molar-refractivity contribution in [3.8, 4) is 0 Å². The highest BCUT2D eigenvalue weighted by molar-refractivity contribution is 5.72. The van der Waals surface area contributed by atoms with Crippen LogP contribution >= 0.6 is 0 Å². The summed E-state index contributed by atoms with van der Waals surface area (Å²) in [6.45, 7) is 6.00. The molecule has 0 aliphatic carbocycles. The molecule has 0 atom stereocenters. The fourth-order valence-corrected chi connectivity index (χ4v) is 1.25. The van der Waals surface area contributed by atoms with E-state index < -0.39 is 0 Å². The minimum atomic E-state index is -0.00730. The van der Waals surface area contributed by atoms with E-state index in [1.807, 2.05) is 26.0 Å². The van der Waals surface area contributed by atoms with Crippen LogP contribution < -0.4 is 5.32 Å². The molecule has 0 fully saturated rings. The van der Waals surface area contributed by atoms with Crippen LogP contribution in [-0.4, -0.2) is 10.9 Å². The number of nitrogens with zero attached hydrogens (tertiary/aromatic N) is 1. The Morgan fingerprint density at radius 2 is 1.92 bits per heavy atom. The zero-order chi connectivity index (χ0) is 9.84. The van der Waals surface area contributed by atoms with Crippen molar-refractivity contribution in [2.45, 2.75) is 27.3 Å². The van der Waals surface area contributed by atoms with Gasteiger partial charge in [0.1, 0.15) is 0 Å². The SMILES string of the molecule is CC(=O)NCc1cc(C)nc(C)c1. The highest BCUT2D eigenvalue weighted by Crippen LogP contribution is 2.04. The van der Waals surface area contributed by atoms with Crippen molar-refractivity contribution in [1.29, 1.82) is 0 Å². The minimum absolute atomic E-state index is 0.00730. The van der Waals surface area contributed by atoms with E-state index in [9.17, 15) is 4.79 Å². The molecule has 3 heteroatoms. The average molecular weight is 178 g/mol. The van der Waals surface area contributed by atoms with Crippen LogP contribution in [0.15, 0.2) is 12.1 Å². The number of carbonyl (C=O) groups excluding carboxylic acids is 1. The van der Waals surface area contributed by atoms with E-state index in [0.717, 1.165) is 17.0 Å². The third-order valence-corrected chi connectivity index (χ3v) is 1.68. The Hall–Kier alpha value is -1.38. The van der Waals surface area contributed by atoms with Gasteiger partial charge in [-0.05, 0) is 31.5 Å². The second-order valence-electron chi connectivity index (χ2n) is 3.17. The lowest BCUT2D eigenvalue weighted by molar-refractivity contribution is -0.119. The second-order valence-corrected chi connectivity index (χ2v) is 3.17. The summed E-state index contributed by atoms with van der Waals surface area (Å²) in [5.41, 5.74) is 3.07. The Labute approximate surface area is 78.2 Å². The Morgan fingerprint density at radius 1 is 1.38 bits per heavy atom. The highest BCUT2D eigenvalue weighted by Gasteiger charge is 1.97. The molecule has 1 aromatic heterocycles. The maximum atomic E-state index is 10.7. The largest absolute Gasteiger partial charge is 0.352 e. The number of hydrogen-bond acceptors (Lipinski definition) is 2. The molecule has 0 unspecified atom stereocenters. The summed E-state index contributed by atoms with van der Waals surface area (Å²) >= 11 is 0. The summed E-state index contributed by atoms with van der Waals surface area (Å²) in [5.74, 6) is -0.00730. The van der Waals surface area contributed by atoms with Gasteiger partial charge in [-0.25, -0.2) is 0 Å². The lowest BCUT2D eigenvalue weighted by Crippen LogP contribution is -2.19. The lowest BCUT2D eigenvalue weighted by atomic mass is 10.2. The van der Waals surface area contributed by atoms with E-state index in [0.29, 0.717) is 6.54 Å². The van der Waals surface area contributed by atoms with E-state index >= 15 is 0 Å². The molecule has 0 spiro atoms. The van der Waals surface area contributed by atoms with Gasteiger partial charge < -0.3 is 5.32 Å². The Balaban J connectivity index is 2.71. The van der Waals surface area contributed by atoms with Crippen LogP contribution in [0.1, 0.15) is 23.9 Å². The van der Waals surface area contributed by atoms with Gasteiger partial charge in [0, 0.05) is 24.9 Å². The van der Waals surface area contributed by atoms with Gasteiger partial charge in [0.25, 0.3) is 0 Å². The first-order valence-corrected chi connectivity index (χ1v) is 4.26. The van der Waals surface area contributed by atoms with Crippen LogP contribution in [0.2, 0.25) is 0 Å². The fourth-order valence-electron chi connectivity index (χ4n) is 1.25. The molecule has 0 saturated heterocycles. The first-order chi connectivity index (χ1) is 6.08. The number of aromatic nitrogens is 1.